The molecule has 3 rings (SSSR count). The molecule has 1 aliphatic rings. The number of allylic oxidation sites excluding steroid dienone is 1. The molecule has 2 aromatic rings. The molecule has 1 saturated heterocycles. The number of ether oxygens (including phenoxy) is 1. The highest BCUT2D eigenvalue weighted by molar-refractivity contribution is 7.99. The Kier molecular flexibility index (Phi) is 6.65. The number of nitrogens with zero attached hydrogens (tertiary/aromatic N) is 5. The van der Waals surface area contributed by atoms with Gasteiger partial charge in [0.05, 0.1) is 22.9 Å². The van der Waals surface area contributed by atoms with Gasteiger partial charge in [0.25, 0.3) is 5.69 Å². The van der Waals surface area contributed by atoms with Gasteiger partial charge in [0.15, 0.2) is 11.0 Å². The second kappa shape index (κ2) is 9.19. The van der Waals surface area contributed by atoms with Crippen molar-refractivity contribution in [3.8, 4) is 11.4 Å². The summed E-state index contributed by atoms with van der Waals surface area (Å²) in [6.45, 7) is 9.31. The third-order valence-corrected chi connectivity index (χ3v) is 5.41. The van der Waals surface area contributed by atoms with E-state index in [2.05, 4.69) is 16.8 Å². The highest BCUT2D eigenvalue weighted by Gasteiger charge is 2.26. The molecular formula is C19H23N5O4S. The van der Waals surface area contributed by atoms with E-state index in [1.807, 2.05) is 23.3 Å². The normalized spacial score (nSPS) is 19.2. The number of hydrogen-bond donors (Lipinski definition) is 0. The fraction of sp³-hybridized carbons (Fsp3) is 0.421. The molecule has 2 atom stereocenters. The minimum Gasteiger partial charge on any atom is -0.372 e. The number of benzene rings is 1. The quantitative estimate of drug-likeness (QED) is 0.295. The van der Waals surface area contributed by atoms with Crippen LogP contribution in [-0.2, 0) is 16.1 Å². The number of nitro benzene ring substituents is 1. The summed E-state index contributed by atoms with van der Waals surface area (Å²) < 4.78 is 7.52. The lowest BCUT2D eigenvalue weighted by Crippen LogP contribution is -2.48. The monoisotopic (exact) mass is 417 g/mol. The highest BCUT2D eigenvalue weighted by Crippen LogP contribution is 2.26. The Hall–Kier alpha value is -2.72. The number of nitro groups is 1. The van der Waals surface area contributed by atoms with E-state index < -0.39 is 4.92 Å². The molecule has 1 amide bonds. The molecular weight excluding hydrogens is 394 g/mol. The Labute approximate surface area is 172 Å². The maximum Gasteiger partial charge on any atom is 0.269 e. The maximum atomic E-state index is 12.6. The zero-order valence-corrected chi connectivity index (χ0v) is 17.2. The molecule has 29 heavy (non-hydrogen) atoms. The van der Waals surface area contributed by atoms with Gasteiger partial charge in [-0.2, -0.15) is 0 Å². The predicted octanol–water partition coefficient (Wildman–Crippen LogP) is 2.77. The molecule has 1 fully saturated rings. The fourth-order valence-corrected chi connectivity index (χ4v) is 4.08. The van der Waals surface area contributed by atoms with Gasteiger partial charge in [0.2, 0.25) is 5.91 Å². The first-order valence-electron chi connectivity index (χ1n) is 9.24. The third kappa shape index (κ3) is 5.01. The molecule has 2 heterocycles. The lowest BCUT2D eigenvalue weighted by Gasteiger charge is -2.35. The van der Waals surface area contributed by atoms with Crippen molar-refractivity contribution in [3.05, 3.63) is 47.0 Å². The molecule has 0 radical (unpaired) electrons. The van der Waals surface area contributed by atoms with E-state index in [0.29, 0.717) is 36.2 Å². The first-order chi connectivity index (χ1) is 13.9. The van der Waals surface area contributed by atoms with E-state index in [9.17, 15) is 14.9 Å². The molecule has 0 spiro atoms. The molecule has 0 saturated carbocycles. The maximum absolute atomic E-state index is 12.6. The number of rotatable bonds is 7. The summed E-state index contributed by atoms with van der Waals surface area (Å²) in [5, 5.41) is 19.9. The lowest BCUT2D eigenvalue weighted by molar-refractivity contribution is -0.384. The number of aromatic nitrogens is 3. The Morgan fingerprint density at radius 2 is 1.97 bits per heavy atom. The summed E-state index contributed by atoms with van der Waals surface area (Å²) in [6.07, 6.45) is 1.76. The van der Waals surface area contributed by atoms with Crippen molar-refractivity contribution in [3.63, 3.8) is 0 Å². The molecule has 10 heteroatoms. The number of carbonyl (C=O) groups is 1. The van der Waals surface area contributed by atoms with Crippen LogP contribution < -0.4 is 0 Å². The van der Waals surface area contributed by atoms with E-state index in [1.54, 1.807) is 18.2 Å². The number of hydrogen-bond acceptors (Lipinski definition) is 7. The first kappa shape index (κ1) is 21.0. The largest absolute Gasteiger partial charge is 0.372 e. The fourth-order valence-electron chi connectivity index (χ4n) is 3.23. The predicted molar refractivity (Wildman–Crippen MR) is 110 cm³/mol. The van der Waals surface area contributed by atoms with Gasteiger partial charge in [0.1, 0.15) is 0 Å². The summed E-state index contributed by atoms with van der Waals surface area (Å²) in [6, 6.07) is 6.13. The van der Waals surface area contributed by atoms with Gasteiger partial charge < -0.3 is 9.64 Å². The van der Waals surface area contributed by atoms with E-state index in [1.165, 1.54) is 23.9 Å². The molecule has 1 aliphatic heterocycles. The molecule has 1 aromatic carbocycles. The Bertz CT molecular complexity index is 889. The Balaban J connectivity index is 1.73. The number of morpholine rings is 1. The number of non-ortho nitro benzene ring substituents is 1. The summed E-state index contributed by atoms with van der Waals surface area (Å²) in [7, 11) is 0. The lowest BCUT2D eigenvalue weighted by atomic mass is 10.2. The number of amides is 1. The second-order valence-electron chi connectivity index (χ2n) is 6.85. The molecule has 0 aliphatic carbocycles. The molecule has 0 N–H and O–H groups in total. The van der Waals surface area contributed by atoms with Gasteiger partial charge in [-0.3, -0.25) is 19.5 Å². The van der Waals surface area contributed by atoms with Crippen LogP contribution in [0.4, 0.5) is 5.69 Å². The van der Waals surface area contributed by atoms with Crippen LogP contribution in [0.5, 0.6) is 0 Å². The number of carbonyl (C=O) groups excluding carboxylic acids is 1. The van der Waals surface area contributed by atoms with Crippen LogP contribution in [0.1, 0.15) is 13.8 Å². The van der Waals surface area contributed by atoms with Crippen molar-refractivity contribution in [2.75, 3.05) is 18.8 Å². The average Bonchev–Trinajstić information content (AvgIpc) is 3.08. The van der Waals surface area contributed by atoms with Gasteiger partial charge in [0, 0.05) is 37.3 Å². The first-order valence-corrected chi connectivity index (χ1v) is 10.2. The van der Waals surface area contributed by atoms with E-state index >= 15 is 0 Å². The van der Waals surface area contributed by atoms with Gasteiger partial charge in [-0.05, 0) is 26.0 Å². The van der Waals surface area contributed by atoms with Crippen LogP contribution >= 0.6 is 11.8 Å². The zero-order chi connectivity index (χ0) is 21.0. The summed E-state index contributed by atoms with van der Waals surface area (Å²) in [5.41, 5.74) is 0.719. The number of thioether (sulfide) groups is 1. The molecule has 154 valence electrons. The van der Waals surface area contributed by atoms with Crippen molar-refractivity contribution < 1.29 is 14.5 Å². The van der Waals surface area contributed by atoms with Gasteiger partial charge in [-0.1, -0.05) is 17.8 Å². The van der Waals surface area contributed by atoms with Crippen LogP contribution in [0.2, 0.25) is 0 Å². The highest BCUT2D eigenvalue weighted by atomic mass is 32.2. The summed E-state index contributed by atoms with van der Waals surface area (Å²) in [5.74, 6) is 0.847. The van der Waals surface area contributed by atoms with Crippen molar-refractivity contribution in [2.24, 2.45) is 0 Å². The van der Waals surface area contributed by atoms with Gasteiger partial charge >= 0.3 is 0 Å². The van der Waals surface area contributed by atoms with Gasteiger partial charge in [-0.25, -0.2) is 0 Å². The topological polar surface area (TPSA) is 103 Å². The van der Waals surface area contributed by atoms with E-state index in [0.717, 1.165) is 0 Å². The van der Waals surface area contributed by atoms with Crippen LogP contribution in [0.3, 0.4) is 0 Å². The molecule has 9 nitrogen and oxygen atoms in total. The average molecular weight is 417 g/mol. The third-order valence-electron chi connectivity index (χ3n) is 4.46. The van der Waals surface area contributed by atoms with Crippen molar-refractivity contribution >= 4 is 23.4 Å². The SMILES string of the molecule is C=CCn1c(SCC(=O)N2C[C@@H](C)O[C@@H](C)C2)nnc1-c1ccc([N+](=O)[O-])cc1. The summed E-state index contributed by atoms with van der Waals surface area (Å²) >= 11 is 1.32. The Morgan fingerprint density at radius 1 is 1.31 bits per heavy atom. The minimum absolute atomic E-state index is 0.0118. The van der Waals surface area contributed by atoms with Gasteiger partial charge in [-0.15, -0.1) is 16.8 Å². The van der Waals surface area contributed by atoms with Crippen molar-refractivity contribution in [1.29, 1.82) is 0 Å². The Morgan fingerprint density at radius 3 is 2.55 bits per heavy atom. The van der Waals surface area contributed by atoms with Crippen LogP contribution in [0.25, 0.3) is 11.4 Å². The van der Waals surface area contributed by atoms with Crippen LogP contribution in [-0.4, -0.2) is 61.5 Å². The van der Waals surface area contributed by atoms with Crippen molar-refractivity contribution in [2.45, 2.75) is 37.8 Å². The van der Waals surface area contributed by atoms with Crippen LogP contribution in [0, 0.1) is 10.1 Å². The van der Waals surface area contributed by atoms with Crippen molar-refractivity contribution in [1.82, 2.24) is 19.7 Å². The van der Waals surface area contributed by atoms with E-state index in [-0.39, 0.29) is 29.6 Å². The standard InChI is InChI=1S/C19H23N5O4S/c1-4-9-23-18(15-5-7-16(8-6-15)24(26)27)20-21-19(23)29-12-17(25)22-10-13(2)28-14(3)11-22/h4-8,13-14H,1,9-12H2,2-3H3/t13-,14+. The van der Waals surface area contributed by atoms with Crippen LogP contribution in [0.15, 0.2) is 42.1 Å². The second-order valence-corrected chi connectivity index (χ2v) is 7.80. The van der Waals surface area contributed by atoms with E-state index in [4.69, 9.17) is 4.74 Å². The molecule has 1 aromatic heterocycles. The summed E-state index contributed by atoms with van der Waals surface area (Å²) in [4.78, 5) is 24.8. The smallest absolute Gasteiger partial charge is 0.269 e. The molecule has 0 bridgehead atoms. The molecule has 0 unspecified atom stereocenters. The zero-order valence-electron chi connectivity index (χ0n) is 16.4. The minimum atomic E-state index is -0.446.